The summed E-state index contributed by atoms with van der Waals surface area (Å²) in [6.45, 7) is 7.64. The molecule has 0 spiro atoms. The average Bonchev–Trinajstić information content (AvgIpc) is 2.79. The molecule has 1 aliphatic rings. The maximum atomic E-state index is 14.1. The van der Waals surface area contributed by atoms with Gasteiger partial charge in [0, 0.05) is 24.6 Å². The predicted octanol–water partition coefficient (Wildman–Crippen LogP) is 3.17. The Kier molecular flexibility index (Phi) is 11.0. The van der Waals surface area contributed by atoms with Crippen LogP contribution in [0.4, 0.5) is 4.79 Å². The van der Waals surface area contributed by atoms with Crippen LogP contribution in [-0.4, -0.2) is 52.9 Å². The summed E-state index contributed by atoms with van der Waals surface area (Å²) >= 11 is 0. The number of terminal acetylenes is 1. The Labute approximate surface area is 219 Å². The van der Waals surface area contributed by atoms with Gasteiger partial charge >= 0.3 is 6.09 Å². The molecule has 37 heavy (non-hydrogen) atoms. The van der Waals surface area contributed by atoms with Crippen LogP contribution in [0.25, 0.3) is 0 Å². The average molecular weight is 513 g/mol. The minimum atomic E-state index is -1.10. The van der Waals surface area contributed by atoms with Crippen LogP contribution >= 0.6 is 0 Å². The first-order chi connectivity index (χ1) is 17.5. The lowest BCUT2D eigenvalue weighted by Gasteiger charge is -2.43. The van der Waals surface area contributed by atoms with Crippen molar-refractivity contribution in [3.63, 3.8) is 0 Å². The number of alkyl carbamates (subject to hydrolysis) is 1. The molecule has 2 rings (SSSR count). The fourth-order valence-electron chi connectivity index (χ4n) is 4.04. The molecule has 0 aliphatic heterocycles. The van der Waals surface area contributed by atoms with E-state index in [0.29, 0.717) is 17.7 Å². The zero-order valence-corrected chi connectivity index (χ0v) is 22.3. The van der Waals surface area contributed by atoms with Crippen LogP contribution in [0.2, 0.25) is 0 Å². The van der Waals surface area contributed by atoms with E-state index in [-0.39, 0.29) is 24.8 Å². The molecule has 1 saturated carbocycles. The topological polar surface area (TPSA) is 131 Å². The molecule has 0 aromatic heterocycles. The highest BCUT2D eigenvalue weighted by molar-refractivity contribution is 5.92. The van der Waals surface area contributed by atoms with Crippen LogP contribution in [0.5, 0.6) is 0 Å². The van der Waals surface area contributed by atoms with Gasteiger partial charge in [0.1, 0.15) is 17.7 Å². The first-order valence-electron chi connectivity index (χ1n) is 12.9. The first-order valence-corrected chi connectivity index (χ1v) is 12.9. The number of primary amides is 1. The summed E-state index contributed by atoms with van der Waals surface area (Å²) in [6.07, 6.45) is 8.66. The van der Waals surface area contributed by atoms with Crippen molar-refractivity contribution in [2.75, 3.05) is 6.54 Å². The van der Waals surface area contributed by atoms with E-state index < -0.39 is 35.6 Å². The summed E-state index contributed by atoms with van der Waals surface area (Å²) in [5.41, 5.74) is 5.84. The molecule has 0 saturated heterocycles. The molecule has 9 nitrogen and oxygen atoms in total. The Hall–Kier alpha value is -3.54. The number of nitrogens with one attached hydrogen (secondary N) is 2. The van der Waals surface area contributed by atoms with E-state index in [4.69, 9.17) is 16.9 Å². The Morgan fingerprint density at radius 2 is 1.84 bits per heavy atom. The number of ether oxygens (including phenoxy) is 1. The van der Waals surface area contributed by atoms with E-state index >= 15 is 0 Å². The largest absolute Gasteiger partial charge is 0.444 e. The number of rotatable bonds is 12. The highest BCUT2D eigenvalue weighted by Gasteiger charge is 2.41. The molecule has 2 atom stereocenters. The van der Waals surface area contributed by atoms with Gasteiger partial charge in [-0.3, -0.25) is 14.4 Å². The quantitative estimate of drug-likeness (QED) is 0.292. The second-order valence-corrected chi connectivity index (χ2v) is 10.3. The zero-order valence-electron chi connectivity index (χ0n) is 22.3. The highest BCUT2D eigenvalue weighted by Crippen LogP contribution is 2.34. The smallest absolute Gasteiger partial charge is 0.408 e. The normalized spacial score (nSPS) is 14.9. The number of unbranched alkanes of at least 4 members (excludes halogenated alkanes) is 1. The zero-order chi connectivity index (χ0) is 27.6. The highest BCUT2D eigenvalue weighted by atomic mass is 16.6. The second-order valence-electron chi connectivity index (χ2n) is 10.3. The fourth-order valence-corrected chi connectivity index (χ4v) is 4.04. The second kappa shape index (κ2) is 13.7. The fraction of sp³-hybridized carbons (Fsp3) is 0.571. The number of amides is 4. The van der Waals surface area contributed by atoms with Crippen molar-refractivity contribution in [2.45, 2.75) is 96.4 Å². The van der Waals surface area contributed by atoms with Crippen LogP contribution in [0, 0.1) is 12.3 Å². The summed E-state index contributed by atoms with van der Waals surface area (Å²) in [6, 6.07) is 4.73. The molecule has 1 aliphatic carbocycles. The van der Waals surface area contributed by atoms with Crippen molar-refractivity contribution in [1.29, 1.82) is 0 Å². The van der Waals surface area contributed by atoms with Crippen molar-refractivity contribution in [2.24, 2.45) is 5.73 Å². The summed E-state index contributed by atoms with van der Waals surface area (Å²) < 4.78 is 5.35. The van der Waals surface area contributed by atoms with Gasteiger partial charge in [0.15, 0.2) is 0 Å². The van der Waals surface area contributed by atoms with E-state index in [1.165, 1.54) is 0 Å². The molecule has 4 amide bonds. The Balaban J connectivity index is 2.46. The first kappa shape index (κ1) is 29.7. The van der Waals surface area contributed by atoms with E-state index in [0.717, 1.165) is 32.1 Å². The lowest BCUT2D eigenvalue weighted by molar-refractivity contribution is -0.147. The van der Waals surface area contributed by atoms with Crippen LogP contribution < -0.4 is 16.4 Å². The van der Waals surface area contributed by atoms with Gasteiger partial charge in [-0.25, -0.2) is 4.79 Å². The van der Waals surface area contributed by atoms with E-state index in [9.17, 15) is 19.2 Å². The summed E-state index contributed by atoms with van der Waals surface area (Å²) in [5.74, 6) is 1.19. The molecular weight excluding hydrogens is 472 g/mol. The molecule has 9 heteroatoms. The maximum absolute atomic E-state index is 14.1. The van der Waals surface area contributed by atoms with Gasteiger partial charge in [0.05, 0.1) is 0 Å². The monoisotopic (exact) mass is 512 g/mol. The van der Waals surface area contributed by atoms with E-state index in [1.807, 2.05) is 6.92 Å². The molecule has 4 N–H and O–H groups in total. The van der Waals surface area contributed by atoms with Crippen molar-refractivity contribution in [3.05, 3.63) is 35.4 Å². The number of carbonyl (C=O) groups excluding carboxylic acids is 4. The van der Waals surface area contributed by atoms with Gasteiger partial charge in [-0.1, -0.05) is 31.4 Å². The minimum absolute atomic E-state index is 0.0170. The number of hydrogen-bond donors (Lipinski definition) is 3. The molecule has 0 radical (unpaired) electrons. The van der Waals surface area contributed by atoms with Crippen LogP contribution in [0.1, 0.15) is 89.8 Å². The number of benzene rings is 1. The van der Waals surface area contributed by atoms with Gasteiger partial charge in [-0.05, 0) is 70.6 Å². The summed E-state index contributed by atoms with van der Waals surface area (Å²) in [7, 11) is 0. The Morgan fingerprint density at radius 1 is 1.19 bits per heavy atom. The summed E-state index contributed by atoms with van der Waals surface area (Å²) in [5, 5.41) is 5.56. The van der Waals surface area contributed by atoms with Gasteiger partial charge in [0.25, 0.3) is 0 Å². The summed E-state index contributed by atoms with van der Waals surface area (Å²) in [4.78, 5) is 53.3. The molecule has 1 fully saturated rings. The van der Waals surface area contributed by atoms with Crippen molar-refractivity contribution in [3.8, 4) is 12.3 Å². The lowest BCUT2D eigenvalue weighted by atomic mass is 9.87. The number of carbonyl (C=O) groups is 4. The molecule has 2 unspecified atom stereocenters. The maximum Gasteiger partial charge on any atom is 0.408 e. The van der Waals surface area contributed by atoms with Gasteiger partial charge in [-0.2, -0.15) is 0 Å². The van der Waals surface area contributed by atoms with Crippen LogP contribution in [-0.2, 0) is 19.1 Å². The minimum Gasteiger partial charge on any atom is -0.444 e. The SMILES string of the molecule is C#Cc1ccc(C(C(=O)NCCCC)N(C(=O)C(CCC(N)=O)NC(=O)OC(C)(C)C)C2CCC2)cc1. The predicted molar refractivity (Wildman–Crippen MR) is 141 cm³/mol. The van der Waals surface area contributed by atoms with E-state index in [2.05, 4.69) is 16.6 Å². The molecule has 1 aromatic rings. The molecule has 0 heterocycles. The third kappa shape index (κ3) is 9.12. The lowest BCUT2D eigenvalue weighted by Crippen LogP contribution is -2.57. The molecule has 202 valence electrons. The van der Waals surface area contributed by atoms with Gasteiger partial charge < -0.3 is 26.0 Å². The molecule has 0 bridgehead atoms. The van der Waals surface area contributed by atoms with Crippen molar-refractivity contribution in [1.82, 2.24) is 15.5 Å². The van der Waals surface area contributed by atoms with Crippen molar-refractivity contribution >= 4 is 23.8 Å². The standard InChI is InChI=1S/C28H40N4O5/c1-6-8-18-30-25(34)24(20-14-12-19(7-2)13-15-20)32(21-10-9-11-21)26(35)22(16-17-23(29)33)31-27(36)37-28(3,4)5/h2,12-15,21-22,24H,6,8-11,16-18H2,1,3-5H3,(H2,29,33)(H,30,34)(H,31,36). The third-order valence-corrected chi connectivity index (χ3v) is 6.14. The Bertz CT molecular complexity index is 989. The van der Waals surface area contributed by atoms with Crippen molar-refractivity contribution < 1.29 is 23.9 Å². The number of hydrogen-bond acceptors (Lipinski definition) is 5. The molecular formula is C28H40N4O5. The van der Waals surface area contributed by atoms with Gasteiger partial charge in [-0.15, -0.1) is 6.42 Å². The third-order valence-electron chi connectivity index (χ3n) is 6.14. The van der Waals surface area contributed by atoms with E-state index in [1.54, 1.807) is 49.9 Å². The molecule has 1 aromatic carbocycles. The Morgan fingerprint density at radius 3 is 2.32 bits per heavy atom. The van der Waals surface area contributed by atoms with Crippen LogP contribution in [0.3, 0.4) is 0 Å². The number of nitrogens with two attached hydrogens (primary N) is 1. The number of nitrogens with zero attached hydrogens (tertiary/aromatic N) is 1. The van der Waals surface area contributed by atoms with Gasteiger partial charge in [0.2, 0.25) is 17.7 Å². The van der Waals surface area contributed by atoms with Crippen LogP contribution in [0.15, 0.2) is 24.3 Å².